The molecule has 0 atom stereocenters. The maximum absolute atomic E-state index is 10.8. The molecule has 10 heteroatoms. The number of hydrogen-bond donors (Lipinski definition) is 0. The molecule has 17 heavy (non-hydrogen) atoms. The van der Waals surface area contributed by atoms with Gasteiger partial charge < -0.3 is 4.55 Å². The molecule has 0 bridgehead atoms. The minimum Gasteiger partial charge on any atom is -0.748 e. The van der Waals surface area contributed by atoms with Crippen LogP contribution < -0.4 is 29.6 Å². The van der Waals surface area contributed by atoms with Crippen LogP contribution in [0, 0.1) is 0 Å². The van der Waals surface area contributed by atoms with Gasteiger partial charge >= 0.3 is 29.6 Å². The van der Waals surface area contributed by atoms with E-state index < -0.39 is 20.0 Å². The van der Waals surface area contributed by atoms with Gasteiger partial charge in [-0.05, 0) is 12.8 Å². The van der Waals surface area contributed by atoms with E-state index in [0.29, 0.717) is 24.3 Å². The summed E-state index contributed by atoms with van der Waals surface area (Å²) in [5, 5.41) is 0. The molecule has 98 valence electrons. The van der Waals surface area contributed by atoms with Crippen molar-refractivity contribution in [1.82, 2.24) is 0 Å². The SMILES string of the molecule is CS(=O)(=O)CCCSSCCCS(=O)(=O)[O-].[Na+]. The monoisotopic (exact) mass is 330 g/mol. The van der Waals surface area contributed by atoms with Crippen LogP contribution in [-0.4, -0.2) is 50.7 Å². The second-order valence-corrected chi connectivity index (χ2v) is 9.73. The molecule has 0 heterocycles. The van der Waals surface area contributed by atoms with Gasteiger partial charge in [-0.2, -0.15) is 0 Å². The molecule has 0 aromatic heterocycles. The molecule has 0 aromatic rings. The zero-order valence-corrected chi connectivity index (χ0v) is 15.2. The van der Waals surface area contributed by atoms with Crippen LogP contribution >= 0.6 is 21.6 Å². The Labute approximate surface area is 133 Å². The summed E-state index contributed by atoms with van der Waals surface area (Å²) in [6.45, 7) is 0. The Balaban J connectivity index is 0. The average Bonchev–Trinajstić information content (AvgIpc) is 2.06. The number of hydrogen-bond acceptors (Lipinski definition) is 7. The van der Waals surface area contributed by atoms with Crippen molar-refractivity contribution in [3.63, 3.8) is 0 Å². The topological polar surface area (TPSA) is 91.3 Å². The molecule has 0 spiro atoms. The van der Waals surface area contributed by atoms with Crippen LogP contribution in [-0.2, 0) is 20.0 Å². The first kappa shape index (κ1) is 20.9. The van der Waals surface area contributed by atoms with Gasteiger partial charge in [0.25, 0.3) is 0 Å². The van der Waals surface area contributed by atoms with E-state index in [1.165, 1.54) is 27.8 Å². The van der Waals surface area contributed by atoms with E-state index in [4.69, 9.17) is 0 Å². The van der Waals surface area contributed by atoms with Gasteiger partial charge in [-0.15, -0.1) is 0 Å². The first-order valence-electron chi connectivity index (χ1n) is 4.56. The van der Waals surface area contributed by atoms with Crippen molar-refractivity contribution in [2.24, 2.45) is 0 Å². The van der Waals surface area contributed by atoms with Crippen LogP contribution in [0.1, 0.15) is 12.8 Å². The van der Waals surface area contributed by atoms with E-state index in [0.717, 1.165) is 0 Å². The van der Waals surface area contributed by atoms with Crippen LogP contribution in [0.25, 0.3) is 0 Å². The van der Waals surface area contributed by atoms with E-state index in [-0.39, 0.29) is 41.1 Å². The van der Waals surface area contributed by atoms with Crippen LogP contribution in [0.2, 0.25) is 0 Å². The van der Waals surface area contributed by atoms with Crippen molar-refractivity contribution in [2.75, 3.05) is 29.3 Å². The second kappa shape index (κ2) is 10.4. The largest absolute Gasteiger partial charge is 1.00 e. The molecule has 0 saturated carbocycles. The Kier molecular flexibility index (Phi) is 12.7. The molecule has 0 aromatic carbocycles. The van der Waals surface area contributed by atoms with Gasteiger partial charge in [0.2, 0.25) is 0 Å². The molecule has 0 aliphatic rings. The normalized spacial score (nSPS) is 12.1. The van der Waals surface area contributed by atoms with Gasteiger partial charge in [0.05, 0.1) is 15.9 Å². The van der Waals surface area contributed by atoms with E-state index in [1.807, 2.05) is 0 Å². The van der Waals surface area contributed by atoms with Crippen LogP contribution in [0.15, 0.2) is 0 Å². The first-order chi connectivity index (χ1) is 7.21. The summed E-state index contributed by atoms with van der Waals surface area (Å²) in [5.41, 5.74) is 0. The van der Waals surface area contributed by atoms with Crippen molar-refractivity contribution >= 4 is 41.5 Å². The Hall–Kier alpha value is 1.56. The fourth-order valence-electron chi connectivity index (χ4n) is 0.793. The van der Waals surface area contributed by atoms with Gasteiger partial charge in [0.15, 0.2) is 0 Å². The molecule has 0 aliphatic heterocycles. The third-order valence-electron chi connectivity index (χ3n) is 1.45. The van der Waals surface area contributed by atoms with Crippen LogP contribution in [0.4, 0.5) is 0 Å². The van der Waals surface area contributed by atoms with Crippen molar-refractivity contribution in [3.05, 3.63) is 0 Å². The van der Waals surface area contributed by atoms with E-state index in [2.05, 4.69) is 0 Å². The maximum Gasteiger partial charge on any atom is 1.00 e. The molecule has 0 unspecified atom stereocenters. The molecule has 0 aliphatic carbocycles. The van der Waals surface area contributed by atoms with Gasteiger partial charge in [-0.25, -0.2) is 16.8 Å². The Morgan fingerprint density at radius 3 is 1.71 bits per heavy atom. The quantitative estimate of drug-likeness (QED) is 0.204. The summed E-state index contributed by atoms with van der Waals surface area (Å²) in [5.74, 6) is 1.15. The van der Waals surface area contributed by atoms with Crippen LogP contribution in [0.3, 0.4) is 0 Å². The number of sulfone groups is 1. The van der Waals surface area contributed by atoms with Gasteiger partial charge in [-0.1, -0.05) is 21.6 Å². The summed E-state index contributed by atoms with van der Waals surface area (Å²) < 4.78 is 52.2. The Morgan fingerprint density at radius 1 is 0.941 bits per heavy atom. The molecule has 5 nitrogen and oxygen atoms in total. The van der Waals surface area contributed by atoms with Crippen molar-refractivity contribution in [1.29, 1.82) is 0 Å². The average molecular weight is 330 g/mol. The standard InChI is InChI=1S/C7H16O5S4.Na/c1-15(8,9)6-2-4-13-14-5-3-7-16(10,11)12;/h2-7H2,1H3,(H,10,11,12);/q;+1/p-1. The molecule has 0 radical (unpaired) electrons. The predicted octanol–water partition coefficient (Wildman–Crippen LogP) is -2.26. The first-order valence-corrected chi connectivity index (χ1v) is 10.7. The molecular formula is C7H15NaO5S4. The van der Waals surface area contributed by atoms with Crippen molar-refractivity contribution in [3.8, 4) is 0 Å². The third-order valence-corrected chi connectivity index (χ3v) is 5.84. The fraction of sp³-hybridized carbons (Fsp3) is 1.00. The zero-order valence-electron chi connectivity index (χ0n) is 9.92. The summed E-state index contributed by atoms with van der Waals surface area (Å²) in [6, 6.07) is 0. The summed E-state index contributed by atoms with van der Waals surface area (Å²) in [6.07, 6.45) is 2.13. The van der Waals surface area contributed by atoms with E-state index in [1.54, 1.807) is 0 Å². The van der Waals surface area contributed by atoms with Gasteiger partial charge in [0, 0.05) is 23.5 Å². The molecule has 0 N–H and O–H groups in total. The van der Waals surface area contributed by atoms with Crippen LogP contribution in [0.5, 0.6) is 0 Å². The smallest absolute Gasteiger partial charge is 0.748 e. The van der Waals surface area contributed by atoms with Crippen molar-refractivity contribution < 1.29 is 50.9 Å². The third kappa shape index (κ3) is 20.1. The van der Waals surface area contributed by atoms with Gasteiger partial charge in [-0.3, -0.25) is 0 Å². The number of rotatable bonds is 9. The van der Waals surface area contributed by atoms with Crippen molar-refractivity contribution in [2.45, 2.75) is 12.8 Å². The second-order valence-electron chi connectivity index (χ2n) is 3.24. The summed E-state index contributed by atoms with van der Waals surface area (Å²) >= 11 is 0. The van der Waals surface area contributed by atoms with E-state index in [9.17, 15) is 21.4 Å². The minimum absolute atomic E-state index is 0. The fourth-order valence-corrected chi connectivity index (χ4v) is 4.50. The Morgan fingerprint density at radius 2 is 1.35 bits per heavy atom. The molecule has 0 rings (SSSR count). The molecule has 0 amide bonds. The van der Waals surface area contributed by atoms with E-state index >= 15 is 0 Å². The van der Waals surface area contributed by atoms with Gasteiger partial charge in [0.1, 0.15) is 9.84 Å². The maximum atomic E-state index is 10.8. The molecule has 0 saturated heterocycles. The molecule has 0 fully saturated rings. The summed E-state index contributed by atoms with van der Waals surface area (Å²) in [4.78, 5) is 0. The minimum atomic E-state index is -4.09. The predicted molar refractivity (Wildman–Crippen MR) is 68.4 cm³/mol. The summed E-state index contributed by atoms with van der Waals surface area (Å²) in [7, 11) is -4.01. The Bertz CT molecular complexity index is 339. The zero-order chi connectivity index (χ0) is 12.7. The molecular weight excluding hydrogens is 315 g/mol.